The number of nitrogens with one attached hydrogen (secondary N) is 3. The summed E-state index contributed by atoms with van der Waals surface area (Å²) < 4.78 is 0. The largest absolute Gasteiger partial charge is 0.376 e. The van der Waals surface area contributed by atoms with Crippen LogP contribution in [0.2, 0.25) is 0 Å². The maximum absolute atomic E-state index is 12.9. The number of ketones is 2. The number of para-hydroxylation sites is 2. The molecule has 2 saturated heterocycles. The maximum Gasteiger partial charge on any atom is 0.295 e. The molecule has 0 saturated carbocycles. The molecule has 312 valence electrons. The fourth-order valence-corrected chi connectivity index (χ4v) is 7.29. The number of rotatable bonds is 7. The number of carbonyl (C=O) groups is 4. The van der Waals surface area contributed by atoms with Gasteiger partial charge in [0.05, 0.1) is 47.1 Å². The molecule has 3 N–H and O–H groups in total. The van der Waals surface area contributed by atoms with E-state index in [0.717, 1.165) is 40.5 Å². The molecule has 14 nitrogen and oxygen atoms in total. The van der Waals surface area contributed by atoms with Crippen LogP contribution in [0.15, 0.2) is 133 Å². The van der Waals surface area contributed by atoms with Gasteiger partial charge in [-0.15, -0.1) is 0 Å². The lowest BCUT2D eigenvalue weighted by Crippen LogP contribution is -2.50. The third kappa shape index (κ3) is 10.4. The summed E-state index contributed by atoms with van der Waals surface area (Å²) in [7, 11) is 0. The van der Waals surface area contributed by atoms with E-state index in [1.165, 1.54) is 4.90 Å². The minimum atomic E-state index is -0.541. The first kappa shape index (κ1) is 44.3. The molecule has 15 heteroatoms. The number of nitriles is 2. The van der Waals surface area contributed by atoms with Crippen LogP contribution in [0.3, 0.4) is 0 Å². The Morgan fingerprint density at radius 2 is 0.968 bits per heavy atom. The minimum Gasteiger partial charge on any atom is -0.376 e. The molecule has 2 aromatic heterocycles. The quantitative estimate of drug-likeness (QED) is 0.0658. The van der Waals surface area contributed by atoms with Gasteiger partial charge < -0.3 is 30.0 Å². The first-order valence-electron chi connectivity index (χ1n) is 19.8. The van der Waals surface area contributed by atoms with Gasteiger partial charge >= 0.3 is 0 Å². The molecule has 0 spiro atoms. The number of fused-ring (bicyclic) bond motifs is 2. The third-order valence-corrected chi connectivity index (χ3v) is 10.7. The Bertz CT molecular complexity index is 2840. The zero-order valence-electron chi connectivity index (χ0n) is 33.8. The smallest absolute Gasteiger partial charge is 0.295 e. The number of halogens is 1. The van der Waals surface area contributed by atoms with Gasteiger partial charge in [-0.1, -0.05) is 109 Å². The van der Waals surface area contributed by atoms with Crippen LogP contribution in [0.1, 0.15) is 31.8 Å². The van der Waals surface area contributed by atoms with Crippen molar-refractivity contribution in [3.63, 3.8) is 0 Å². The number of nitrogens with zero attached hydrogens (tertiary/aromatic N) is 7. The highest BCUT2D eigenvalue weighted by Crippen LogP contribution is 2.27. The number of aromatic amines is 2. The fraction of sp³-hybridized carbons (Fsp3) is 0.167. The van der Waals surface area contributed by atoms with E-state index < -0.39 is 23.4 Å². The van der Waals surface area contributed by atoms with Crippen LogP contribution in [-0.4, -0.2) is 100 Å². The van der Waals surface area contributed by atoms with Crippen LogP contribution < -0.4 is 5.32 Å². The van der Waals surface area contributed by atoms with E-state index in [0.29, 0.717) is 61.7 Å². The molecule has 2 aliphatic rings. The van der Waals surface area contributed by atoms with Crippen molar-refractivity contribution in [3.05, 3.63) is 178 Å². The predicted octanol–water partition coefficient (Wildman–Crippen LogP) is 7.13. The zero-order chi connectivity index (χ0) is 44.7. The van der Waals surface area contributed by atoms with Crippen molar-refractivity contribution in [1.29, 1.82) is 10.5 Å². The molecular formula is C48H39ClN10O4. The molecule has 2 amide bonds. The van der Waals surface area contributed by atoms with Gasteiger partial charge in [0.2, 0.25) is 0 Å². The monoisotopic (exact) mass is 854 g/mol. The summed E-state index contributed by atoms with van der Waals surface area (Å²) in [6, 6.07) is 36.8. The average Bonchev–Trinajstić information content (AvgIpc) is 3.99. The Kier molecular flexibility index (Phi) is 15.0. The average molecular weight is 855 g/mol. The number of piperazine rings is 2. The summed E-state index contributed by atoms with van der Waals surface area (Å²) in [4.78, 5) is 67.7. The number of allylic oxidation sites excluding steroid dienone is 2. The number of amides is 2. The summed E-state index contributed by atoms with van der Waals surface area (Å²) in [6.07, 6.45) is 3.19. The van der Waals surface area contributed by atoms with E-state index in [1.807, 2.05) is 95.9 Å². The molecule has 0 bridgehead atoms. The topological polar surface area (TPSA) is 178 Å². The van der Waals surface area contributed by atoms with Crippen LogP contribution in [0.25, 0.3) is 42.2 Å². The second-order valence-corrected chi connectivity index (χ2v) is 14.4. The van der Waals surface area contributed by atoms with Gasteiger partial charge in [0.25, 0.3) is 34.8 Å². The predicted molar refractivity (Wildman–Crippen MR) is 240 cm³/mol. The fourth-order valence-electron chi connectivity index (χ4n) is 7.08. The molecule has 0 aliphatic carbocycles. The SMILES string of the molecule is O=C(C(=O)N1CCNCC1)c1c[nH]c2ccccc12.[C-]#[N+]/C(C#N)=C(/c1ccccc1)N1CCN(C(=O)C(=O)c2c[nH]c3ccccc23)CC1.[C-]#[N+]/C(C#N)=C(\Cl)c1ccccc1. The number of hydrogen-bond acceptors (Lipinski definition) is 8. The first-order valence-corrected chi connectivity index (χ1v) is 20.1. The molecular weight excluding hydrogens is 816 g/mol. The standard InChI is InChI=1S/C24H19N5O2.C14H15N3O2.C10H5ClN2/c1-26-21(15-25)22(17-7-3-2-4-8-17)28-11-13-29(14-12-28)24(31)23(30)19-16-27-20-10-6-5-9-18(19)20;18-13(14(19)17-7-5-15-6-8-17)11-9-16-12-4-2-1-3-10(11)12;1-13-9(7-12)10(11)8-5-3-2-4-6-8/h2-10,16,27H,11-14H2;1-4,9,15-16H,5-8H2;2-6H/b22-21-;;10-9-. The highest BCUT2D eigenvalue weighted by atomic mass is 35.5. The van der Waals surface area contributed by atoms with E-state index in [4.69, 9.17) is 30.0 Å². The summed E-state index contributed by atoms with van der Waals surface area (Å²) in [5.74, 6) is -1.92. The van der Waals surface area contributed by atoms with Crippen LogP contribution in [0.4, 0.5) is 0 Å². The van der Waals surface area contributed by atoms with Crippen molar-refractivity contribution in [1.82, 2.24) is 30.0 Å². The number of hydrogen-bond donors (Lipinski definition) is 3. The molecule has 4 heterocycles. The summed E-state index contributed by atoms with van der Waals surface area (Å²) in [6.45, 7) is 18.3. The number of carbonyl (C=O) groups excluding carboxylic acids is 4. The molecule has 0 atom stereocenters. The van der Waals surface area contributed by atoms with Gasteiger partial charge in [0.1, 0.15) is 0 Å². The van der Waals surface area contributed by atoms with E-state index in [-0.39, 0.29) is 16.4 Å². The molecule has 63 heavy (non-hydrogen) atoms. The normalized spacial score (nSPS) is 14.1. The van der Waals surface area contributed by atoms with Gasteiger partial charge in [-0.2, -0.15) is 0 Å². The van der Waals surface area contributed by atoms with E-state index in [2.05, 4.69) is 25.0 Å². The van der Waals surface area contributed by atoms with Crippen molar-refractivity contribution >= 4 is 67.5 Å². The van der Waals surface area contributed by atoms with E-state index in [1.54, 1.807) is 47.6 Å². The van der Waals surface area contributed by atoms with E-state index in [9.17, 15) is 24.4 Å². The molecule has 0 unspecified atom stereocenters. The Morgan fingerprint density at radius 3 is 1.43 bits per heavy atom. The molecule has 8 rings (SSSR count). The molecule has 6 aromatic rings. The van der Waals surface area contributed by atoms with Crippen molar-refractivity contribution in [2.75, 3.05) is 52.4 Å². The number of benzene rings is 4. The van der Waals surface area contributed by atoms with Crippen molar-refractivity contribution in [2.45, 2.75) is 0 Å². The van der Waals surface area contributed by atoms with Gasteiger partial charge in [0, 0.05) is 86.6 Å². The van der Waals surface area contributed by atoms with Crippen molar-refractivity contribution < 1.29 is 19.2 Å². The lowest BCUT2D eigenvalue weighted by atomic mass is 10.1. The molecule has 4 aromatic carbocycles. The molecule has 2 aliphatic heterocycles. The molecule has 2 fully saturated rings. The summed E-state index contributed by atoms with van der Waals surface area (Å²) in [5, 5.41) is 22.9. The minimum absolute atomic E-state index is 0.0147. The Labute approximate surface area is 368 Å². The van der Waals surface area contributed by atoms with Crippen LogP contribution in [0, 0.1) is 35.8 Å². The Balaban J connectivity index is 0.000000175. The van der Waals surface area contributed by atoms with Crippen molar-refractivity contribution in [3.8, 4) is 12.1 Å². The lowest BCUT2D eigenvalue weighted by molar-refractivity contribution is -0.128. The maximum atomic E-state index is 12.9. The van der Waals surface area contributed by atoms with E-state index >= 15 is 0 Å². The second kappa shape index (κ2) is 21.3. The van der Waals surface area contributed by atoms with Gasteiger partial charge in [-0.05, 0) is 23.3 Å². The van der Waals surface area contributed by atoms with Gasteiger partial charge in [-0.25, -0.2) is 20.2 Å². The Morgan fingerprint density at radius 1 is 0.556 bits per heavy atom. The highest BCUT2D eigenvalue weighted by Gasteiger charge is 2.30. The van der Waals surface area contributed by atoms with Crippen LogP contribution >= 0.6 is 11.6 Å². The highest BCUT2D eigenvalue weighted by molar-refractivity contribution is 6.49. The lowest BCUT2D eigenvalue weighted by Gasteiger charge is -2.37. The zero-order valence-corrected chi connectivity index (χ0v) is 34.6. The number of aromatic nitrogens is 2. The Hall–Kier alpha value is -8.27. The number of Topliss-reactive ketones (excluding diaryl/α,β-unsaturated/α-hetero) is 2. The van der Waals surface area contributed by atoms with Crippen LogP contribution in [-0.2, 0) is 9.59 Å². The van der Waals surface area contributed by atoms with Gasteiger partial charge in [0.15, 0.2) is 0 Å². The molecule has 0 radical (unpaired) electrons. The summed E-state index contributed by atoms with van der Waals surface area (Å²) >= 11 is 5.82. The first-order chi connectivity index (χ1) is 30.7. The third-order valence-electron chi connectivity index (χ3n) is 10.3. The van der Waals surface area contributed by atoms with Crippen LogP contribution in [0.5, 0.6) is 0 Å². The summed E-state index contributed by atoms with van der Waals surface area (Å²) in [5.41, 5.74) is 4.48. The van der Waals surface area contributed by atoms with Crippen molar-refractivity contribution in [2.24, 2.45) is 0 Å². The number of H-pyrrole nitrogens is 2. The second-order valence-electron chi connectivity index (χ2n) is 14.0. The van der Waals surface area contributed by atoms with Gasteiger partial charge in [-0.3, -0.25) is 19.2 Å².